The van der Waals surface area contributed by atoms with Crippen LogP contribution in [0.3, 0.4) is 0 Å². The van der Waals surface area contributed by atoms with E-state index in [9.17, 15) is 14.0 Å². The third-order valence-corrected chi connectivity index (χ3v) is 5.21. The third-order valence-electron chi connectivity index (χ3n) is 5.21. The fourth-order valence-electron chi connectivity index (χ4n) is 3.71. The van der Waals surface area contributed by atoms with E-state index >= 15 is 0 Å². The Hall–Kier alpha value is -2.15. The lowest BCUT2D eigenvalue weighted by Gasteiger charge is -2.23. The van der Waals surface area contributed by atoms with E-state index in [1.54, 1.807) is 18.1 Å². The van der Waals surface area contributed by atoms with Crippen LogP contribution in [-0.2, 0) is 9.53 Å². The monoisotopic (exact) mass is 350 g/mol. The van der Waals surface area contributed by atoms with E-state index < -0.39 is 11.2 Å². The van der Waals surface area contributed by atoms with Gasteiger partial charge in [-0.15, -0.1) is 0 Å². The van der Waals surface area contributed by atoms with Gasteiger partial charge in [-0.25, -0.2) is 4.39 Å². The van der Waals surface area contributed by atoms with Gasteiger partial charge in [-0.05, 0) is 31.0 Å². The average molecular weight is 350 g/mol. The van der Waals surface area contributed by atoms with Crippen LogP contribution in [0.5, 0.6) is 5.75 Å². The Morgan fingerprint density at radius 1 is 1.28 bits per heavy atom. The second-order valence-electron chi connectivity index (χ2n) is 6.64. The van der Waals surface area contributed by atoms with E-state index in [1.807, 2.05) is 4.90 Å². The molecule has 1 unspecified atom stereocenters. The van der Waals surface area contributed by atoms with Crippen LogP contribution in [0.4, 0.5) is 4.39 Å². The van der Waals surface area contributed by atoms with Crippen molar-refractivity contribution in [1.82, 2.24) is 9.80 Å². The number of carbonyl (C=O) groups is 2. The minimum absolute atomic E-state index is 0.0979. The maximum Gasteiger partial charge on any atom is 0.253 e. The molecule has 0 bridgehead atoms. The first-order valence-corrected chi connectivity index (χ1v) is 8.42. The largest absolute Gasteiger partial charge is 0.494 e. The minimum atomic E-state index is -0.565. The van der Waals surface area contributed by atoms with Crippen molar-refractivity contribution in [1.29, 1.82) is 0 Å². The molecule has 2 aliphatic heterocycles. The van der Waals surface area contributed by atoms with Gasteiger partial charge < -0.3 is 19.3 Å². The van der Waals surface area contributed by atoms with Gasteiger partial charge in [0.15, 0.2) is 11.6 Å². The number of nitrogens with zero attached hydrogens (tertiary/aromatic N) is 2. The Labute approximate surface area is 146 Å². The maximum absolute atomic E-state index is 13.9. The molecule has 1 spiro atoms. The lowest BCUT2D eigenvalue weighted by molar-refractivity contribution is -0.135. The molecule has 25 heavy (non-hydrogen) atoms. The molecule has 0 N–H and O–H groups in total. The van der Waals surface area contributed by atoms with Crippen molar-refractivity contribution >= 4 is 11.8 Å². The van der Waals surface area contributed by atoms with E-state index in [-0.39, 0.29) is 23.1 Å². The topological polar surface area (TPSA) is 59.1 Å². The molecule has 1 atom stereocenters. The van der Waals surface area contributed by atoms with Crippen molar-refractivity contribution in [2.45, 2.75) is 12.8 Å². The SMILES string of the molecule is COCCN1CCC2(CCN(C(=O)c3ccc(OC)c(F)c3)C2)C1=O. The number of rotatable bonds is 5. The molecule has 2 fully saturated rings. The van der Waals surface area contributed by atoms with Gasteiger partial charge in [0.1, 0.15) is 0 Å². The second kappa shape index (κ2) is 7.00. The zero-order valence-corrected chi connectivity index (χ0v) is 14.6. The maximum atomic E-state index is 13.9. The fourth-order valence-corrected chi connectivity index (χ4v) is 3.71. The summed E-state index contributed by atoms with van der Waals surface area (Å²) in [4.78, 5) is 28.9. The minimum Gasteiger partial charge on any atom is -0.494 e. The summed E-state index contributed by atoms with van der Waals surface area (Å²) < 4.78 is 23.8. The molecule has 2 amide bonds. The summed E-state index contributed by atoms with van der Waals surface area (Å²) in [6.07, 6.45) is 1.40. The molecule has 6 nitrogen and oxygen atoms in total. The summed E-state index contributed by atoms with van der Waals surface area (Å²) in [6, 6.07) is 4.19. The molecule has 0 radical (unpaired) electrons. The average Bonchev–Trinajstić information content (AvgIpc) is 3.18. The van der Waals surface area contributed by atoms with Crippen molar-refractivity contribution < 1.29 is 23.5 Å². The molecule has 0 saturated carbocycles. The van der Waals surface area contributed by atoms with E-state index in [4.69, 9.17) is 9.47 Å². The van der Waals surface area contributed by atoms with Gasteiger partial charge in [-0.3, -0.25) is 9.59 Å². The third kappa shape index (κ3) is 3.20. The lowest BCUT2D eigenvalue weighted by Crippen LogP contribution is -2.39. The molecule has 7 heteroatoms. The Morgan fingerprint density at radius 3 is 2.72 bits per heavy atom. The number of likely N-dealkylation sites (tertiary alicyclic amines) is 2. The van der Waals surface area contributed by atoms with Crippen molar-refractivity contribution in [2.75, 3.05) is 47.0 Å². The molecule has 136 valence electrons. The van der Waals surface area contributed by atoms with Crippen LogP contribution in [0.25, 0.3) is 0 Å². The predicted molar refractivity (Wildman–Crippen MR) is 89.0 cm³/mol. The van der Waals surface area contributed by atoms with Gasteiger partial charge in [0.2, 0.25) is 5.91 Å². The highest BCUT2D eigenvalue weighted by Gasteiger charge is 2.51. The van der Waals surface area contributed by atoms with E-state index in [0.29, 0.717) is 39.2 Å². The summed E-state index contributed by atoms with van der Waals surface area (Å²) in [7, 11) is 2.99. The number of methoxy groups -OCH3 is 2. The van der Waals surface area contributed by atoms with Crippen LogP contribution in [0.2, 0.25) is 0 Å². The Balaban J connectivity index is 1.69. The number of benzene rings is 1. The zero-order valence-electron chi connectivity index (χ0n) is 14.6. The van der Waals surface area contributed by atoms with Crippen LogP contribution in [0.15, 0.2) is 18.2 Å². The van der Waals surface area contributed by atoms with Gasteiger partial charge in [0.25, 0.3) is 5.91 Å². The van der Waals surface area contributed by atoms with Crippen molar-refractivity contribution in [3.63, 3.8) is 0 Å². The summed E-state index contributed by atoms with van der Waals surface area (Å²) >= 11 is 0. The summed E-state index contributed by atoms with van der Waals surface area (Å²) in [6.45, 7) is 2.68. The number of carbonyl (C=O) groups excluding carboxylic acids is 2. The van der Waals surface area contributed by atoms with Gasteiger partial charge in [-0.2, -0.15) is 0 Å². The zero-order chi connectivity index (χ0) is 18.0. The van der Waals surface area contributed by atoms with E-state index in [0.717, 1.165) is 6.42 Å². The summed E-state index contributed by atoms with van der Waals surface area (Å²) in [5.74, 6) is -0.610. The predicted octanol–water partition coefficient (Wildman–Crippen LogP) is 1.55. The first-order chi connectivity index (χ1) is 12.0. The second-order valence-corrected chi connectivity index (χ2v) is 6.64. The Bertz CT molecular complexity index is 681. The van der Waals surface area contributed by atoms with Crippen molar-refractivity contribution in [2.24, 2.45) is 5.41 Å². The van der Waals surface area contributed by atoms with Gasteiger partial charge in [0, 0.05) is 38.9 Å². The first kappa shape index (κ1) is 17.7. The molecular formula is C18H23FN2O4. The lowest BCUT2D eigenvalue weighted by atomic mass is 9.85. The molecule has 2 heterocycles. The molecule has 0 aliphatic carbocycles. The van der Waals surface area contributed by atoms with Crippen LogP contribution in [0, 0.1) is 11.2 Å². The highest BCUT2D eigenvalue weighted by Crippen LogP contribution is 2.41. The fraction of sp³-hybridized carbons (Fsp3) is 0.556. The van der Waals surface area contributed by atoms with Crippen LogP contribution in [0.1, 0.15) is 23.2 Å². The number of hydrogen-bond donors (Lipinski definition) is 0. The molecule has 1 aromatic carbocycles. The molecule has 2 saturated heterocycles. The molecule has 2 aliphatic rings. The van der Waals surface area contributed by atoms with Crippen LogP contribution >= 0.6 is 0 Å². The number of halogens is 1. The first-order valence-electron chi connectivity index (χ1n) is 8.42. The Kier molecular flexibility index (Phi) is 4.94. The molecule has 0 aromatic heterocycles. The normalized spacial score (nSPS) is 22.9. The standard InChI is InChI=1S/C18H23FN2O4/c1-24-10-9-20-7-5-18(17(20)23)6-8-21(12-18)16(22)13-3-4-15(25-2)14(19)11-13/h3-4,11H,5-10,12H2,1-2H3. The quantitative estimate of drug-likeness (QED) is 0.808. The highest BCUT2D eigenvalue weighted by molar-refractivity contribution is 5.96. The summed E-state index contributed by atoms with van der Waals surface area (Å²) in [5.41, 5.74) is -0.217. The number of amides is 2. The van der Waals surface area contributed by atoms with Crippen molar-refractivity contribution in [3.8, 4) is 5.75 Å². The van der Waals surface area contributed by atoms with E-state index in [1.165, 1.54) is 19.2 Å². The molecular weight excluding hydrogens is 327 g/mol. The number of hydrogen-bond acceptors (Lipinski definition) is 4. The van der Waals surface area contributed by atoms with Gasteiger partial charge >= 0.3 is 0 Å². The van der Waals surface area contributed by atoms with Gasteiger partial charge in [-0.1, -0.05) is 0 Å². The smallest absolute Gasteiger partial charge is 0.253 e. The highest BCUT2D eigenvalue weighted by atomic mass is 19.1. The summed E-state index contributed by atoms with van der Waals surface area (Å²) in [5, 5.41) is 0. The molecule has 3 rings (SSSR count). The number of ether oxygens (including phenoxy) is 2. The van der Waals surface area contributed by atoms with Crippen LogP contribution < -0.4 is 4.74 Å². The molecule has 1 aromatic rings. The van der Waals surface area contributed by atoms with Crippen molar-refractivity contribution in [3.05, 3.63) is 29.6 Å². The van der Waals surface area contributed by atoms with Crippen LogP contribution in [-0.4, -0.2) is 68.6 Å². The van der Waals surface area contributed by atoms with E-state index in [2.05, 4.69) is 0 Å². The van der Waals surface area contributed by atoms with Gasteiger partial charge in [0.05, 0.1) is 19.1 Å². The Morgan fingerprint density at radius 2 is 2.04 bits per heavy atom.